The standard InChI is InChI=1S/C32H50O12/c1-32(31(40)41-2,19-3-9-23(10-4-19)43-30(39)27-16-22(34)8-14-26(27)29(37)38)20-5-11-24(12-6-20)44-42-17-18-15-21(33)7-13-25(18)28(35)36/h18-27,33-34H,3-17H2,1-2H3,(H,35,36)(H,37,38). The molecule has 4 rings (SSSR count). The summed E-state index contributed by atoms with van der Waals surface area (Å²) in [6.45, 7) is 2.08. The van der Waals surface area contributed by atoms with Gasteiger partial charge in [0.2, 0.25) is 0 Å². The summed E-state index contributed by atoms with van der Waals surface area (Å²) in [5.41, 5.74) is -0.732. The maximum absolute atomic E-state index is 13.3. The van der Waals surface area contributed by atoms with Crippen molar-refractivity contribution in [2.45, 2.75) is 121 Å². The van der Waals surface area contributed by atoms with E-state index in [1.807, 2.05) is 6.92 Å². The second-order valence-corrected chi connectivity index (χ2v) is 13.7. The molecule has 0 radical (unpaired) electrons. The third-order valence-electron chi connectivity index (χ3n) is 11.2. The van der Waals surface area contributed by atoms with Gasteiger partial charge in [0.05, 0.1) is 55.2 Å². The fraction of sp³-hybridized carbons (Fsp3) is 0.875. The Hall–Kier alpha value is -2.28. The lowest BCUT2D eigenvalue weighted by molar-refractivity contribution is -0.338. The predicted octanol–water partition coefficient (Wildman–Crippen LogP) is 3.50. The number of carboxylic acid groups (broad SMARTS) is 2. The van der Waals surface area contributed by atoms with Gasteiger partial charge in [-0.1, -0.05) is 0 Å². The van der Waals surface area contributed by atoms with Crippen LogP contribution in [0.5, 0.6) is 0 Å². The highest BCUT2D eigenvalue weighted by molar-refractivity contribution is 5.81. The lowest BCUT2D eigenvalue weighted by atomic mass is 9.59. The summed E-state index contributed by atoms with van der Waals surface area (Å²) < 4.78 is 11.1. The number of aliphatic carboxylic acids is 2. The maximum Gasteiger partial charge on any atom is 0.312 e. The molecule has 4 fully saturated rings. The molecule has 7 unspecified atom stereocenters. The molecule has 44 heavy (non-hydrogen) atoms. The minimum Gasteiger partial charge on any atom is -0.481 e. The molecule has 250 valence electrons. The second-order valence-electron chi connectivity index (χ2n) is 13.7. The Bertz CT molecular complexity index is 1000. The SMILES string of the molecule is COC(=O)C(C)(C1CCC(OOCC2CC(O)CCC2C(=O)O)CC1)C1CCC(OC(=O)C2CC(O)CCC2C(=O)O)CC1. The zero-order valence-electron chi connectivity index (χ0n) is 25.9. The van der Waals surface area contributed by atoms with Crippen LogP contribution in [-0.4, -0.2) is 82.4 Å². The molecule has 0 saturated heterocycles. The molecule has 0 spiro atoms. The van der Waals surface area contributed by atoms with Gasteiger partial charge < -0.3 is 29.9 Å². The second kappa shape index (κ2) is 15.3. The zero-order valence-corrected chi connectivity index (χ0v) is 25.9. The average molecular weight is 627 g/mol. The molecule has 4 aliphatic rings. The van der Waals surface area contributed by atoms with Gasteiger partial charge in [-0.25, -0.2) is 9.78 Å². The monoisotopic (exact) mass is 626 g/mol. The zero-order chi connectivity index (χ0) is 32.0. The minimum atomic E-state index is -1.04. The van der Waals surface area contributed by atoms with Gasteiger partial charge in [-0.15, -0.1) is 0 Å². The van der Waals surface area contributed by atoms with Crippen molar-refractivity contribution in [3.8, 4) is 0 Å². The quantitative estimate of drug-likeness (QED) is 0.149. The van der Waals surface area contributed by atoms with E-state index in [0.717, 1.165) is 12.8 Å². The highest BCUT2D eigenvalue weighted by atomic mass is 17.2. The fourth-order valence-corrected chi connectivity index (χ4v) is 8.35. The molecule has 12 heteroatoms. The molecule has 4 N–H and O–H groups in total. The lowest BCUT2D eigenvalue weighted by Crippen LogP contribution is -2.47. The third-order valence-corrected chi connectivity index (χ3v) is 11.2. The number of carboxylic acids is 2. The summed E-state index contributed by atoms with van der Waals surface area (Å²) in [4.78, 5) is 60.6. The topological polar surface area (TPSA) is 186 Å². The summed E-state index contributed by atoms with van der Waals surface area (Å²) in [5, 5.41) is 39.0. The fourth-order valence-electron chi connectivity index (χ4n) is 8.35. The van der Waals surface area contributed by atoms with Crippen molar-refractivity contribution in [3.63, 3.8) is 0 Å². The third kappa shape index (κ3) is 8.10. The van der Waals surface area contributed by atoms with E-state index in [9.17, 15) is 39.6 Å². The first-order valence-electron chi connectivity index (χ1n) is 16.3. The number of carbonyl (C=O) groups excluding carboxylic acids is 2. The van der Waals surface area contributed by atoms with Crippen LogP contribution in [0.15, 0.2) is 0 Å². The molecule has 0 aromatic rings. The Kier molecular flexibility index (Phi) is 12.1. The van der Waals surface area contributed by atoms with E-state index in [-0.39, 0.29) is 55.4 Å². The van der Waals surface area contributed by atoms with Gasteiger partial charge in [0, 0.05) is 5.92 Å². The number of methoxy groups -OCH3 is 1. The molecule has 0 aliphatic heterocycles. The van der Waals surface area contributed by atoms with Crippen LogP contribution >= 0.6 is 0 Å². The molecule has 0 heterocycles. The molecule has 0 aromatic heterocycles. The van der Waals surface area contributed by atoms with Crippen molar-refractivity contribution < 1.29 is 58.9 Å². The molecule has 12 nitrogen and oxygen atoms in total. The van der Waals surface area contributed by atoms with Crippen LogP contribution in [0.25, 0.3) is 0 Å². The maximum atomic E-state index is 13.3. The highest BCUT2D eigenvalue weighted by Crippen LogP contribution is 2.50. The number of rotatable bonds is 11. The van der Waals surface area contributed by atoms with Crippen LogP contribution in [0, 0.1) is 40.9 Å². The normalized spacial score (nSPS) is 37.7. The van der Waals surface area contributed by atoms with Gasteiger partial charge in [0.15, 0.2) is 0 Å². The molecule has 0 bridgehead atoms. The molecule has 4 aliphatic carbocycles. The Labute approximate surface area is 258 Å². The number of hydrogen-bond acceptors (Lipinski definition) is 10. The summed E-state index contributed by atoms with van der Waals surface area (Å²) in [6.07, 6.45) is 5.48. The lowest BCUT2D eigenvalue weighted by Gasteiger charge is -2.46. The highest BCUT2D eigenvalue weighted by Gasteiger charge is 2.51. The van der Waals surface area contributed by atoms with Crippen molar-refractivity contribution in [1.82, 2.24) is 0 Å². The summed E-state index contributed by atoms with van der Waals surface area (Å²) in [7, 11) is 1.40. The van der Waals surface area contributed by atoms with Crippen LogP contribution < -0.4 is 0 Å². The Morgan fingerprint density at radius 2 is 1.20 bits per heavy atom. The molecular weight excluding hydrogens is 576 g/mol. The molecule has 0 aromatic carbocycles. The number of ether oxygens (including phenoxy) is 2. The number of esters is 2. The van der Waals surface area contributed by atoms with Crippen molar-refractivity contribution in [2.24, 2.45) is 40.9 Å². The average Bonchev–Trinajstić information content (AvgIpc) is 3.00. The molecule has 7 atom stereocenters. The minimum absolute atomic E-state index is 0.0255. The van der Waals surface area contributed by atoms with Crippen LogP contribution in [0.3, 0.4) is 0 Å². The van der Waals surface area contributed by atoms with Gasteiger partial charge in [0.1, 0.15) is 6.10 Å². The van der Waals surface area contributed by atoms with E-state index in [2.05, 4.69) is 0 Å². The van der Waals surface area contributed by atoms with E-state index in [1.54, 1.807) is 0 Å². The van der Waals surface area contributed by atoms with E-state index < -0.39 is 53.3 Å². The number of hydrogen-bond donors (Lipinski definition) is 4. The van der Waals surface area contributed by atoms with E-state index in [4.69, 9.17) is 19.2 Å². The number of aliphatic hydroxyl groups is 2. The molecular formula is C32H50O12. The largest absolute Gasteiger partial charge is 0.481 e. The van der Waals surface area contributed by atoms with Crippen LogP contribution in [0.2, 0.25) is 0 Å². The van der Waals surface area contributed by atoms with Gasteiger partial charge in [0.25, 0.3) is 0 Å². The van der Waals surface area contributed by atoms with Gasteiger partial charge >= 0.3 is 23.9 Å². The van der Waals surface area contributed by atoms with Crippen molar-refractivity contribution >= 4 is 23.9 Å². The van der Waals surface area contributed by atoms with Crippen molar-refractivity contribution in [2.75, 3.05) is 13.7 Å². The van der Waals surface area contributed by atoms with Crippen molar-refractivity contribution in [1.29, 1.82) is 0 Å². The first kappa shape index (κ1) is 34.6. The van der Waals surface area contributed by atoms with E-state index >= 15 is 0 Å². The van der Waals surface area contributed by atoms with Crippen molar-refractivity contribution in [3.05, 3.63) is 0 Å². The molecule has 4 saturated carbocycles. The van der Waals surface area contributed by atoms with E-state index in [0.29, 0.717) is 64.2 Å². The van der Waals surface area contributed by atoms with Crippen LogP contribution in [0.1, 0.15) is 96.8 Å². The van der Waals surface area contributed by atoms with E-state index in [1.165, 1.54) is 7.11 Å². The Morgan fingerprint density at radius 3 is 1.75 bits per heavy atom. The van der Waals surface area contributed by atoms with Gasteiger partial charge in [-0.3, -0.25) is 19.2 Å². The molecule has 0 amide bonds. The smallest absolute Gasteiger partial charge is 0.312 e. The summed E-state index contributed by atoms with van der Waals surface area (Å²) >= 11 is 0. The van der Waals surface area contributed by atoms with Crippen LogP contribution in [-0.2, 0) is 38.4 Å². The Balaban J connectivity index is 1.27. The van der Waals surface area contributed by atoms with Gasteiger partial charge in [-0.2, -0.15) is 0 Å². The summed E-state index contributed by atoms with van der Waals surface area (Å²) in [6, 6.07) is 0. The predicted molar refractivity (Wildman–Crippen MR) is 154 cm³/mol. The number of carbonyl (C=O) groups is 4. The Morgan fingerprint density at radius 1 is 0.682 bits per heavy atom. The van der Waals surface area contributed by atoms with Crippen LogP contribution in [0.4, 0.5) is 0 Å². The first-order valence-corrected chi connectivity index (χ1v) is 16.3. The number of aliphatic hydroxyl groups excluding tert-OH is 2. The first-order chi connectivity index (χ1) is 20.9. The van der Waals surface area contributed by atoms with Gasteiger partial charge in [-0.05, 0) is 109 Å². The summed E-state index contributed by atoms with van der Waals surface area (Å²) in [5.74, 6) is -5.23.